The number of hydrogen-bond acceptors (Lipinski definition) is 4. The highest BCUT2D eigenvalue weighted by Gasteiger charge is 2.50. The maximum Gasteiger partial charge on any atom is 0.325 e. The van der Waals surface area contributed by atoms with Gasteiger partial charge in [-0.2, -0.15) is 0 Å². The topological polar surface area (TPSA) is 87.7 Å². The minimum atomic E-state index is -1.36. The Hall–Kier alpha value is -1.83. The third kappa shape index (κ3) is 3.63. The van der Waals surface area contributed by atoms with Crippen LogP contribution < -0.4 is 10.6 Å². The van der Waals surface area contributed by atoms with Gasteiger partial charge in [0.25, 0.3) is 5.91 Å². The van der Waals surface area contributed by atoms with Crippen molar-refractivity contribution in [3.8, 4) is 0 Å². The summed E-state index contributed by atoms with van der Waals surface area (Å²) in [6.07, 6.45) is 0. The fourth-order valence-electron chi connectivity index (χ4n) is 2.41. The van der Waals surface area contributed by atoms with Gasteiger partial charge in [-0.15, -0.1) is 0 Å². The summed E-state index contributed by atoms with van der Waals surface area (Å²) in [4.78, 5) is 37.5. The molecule has 0 aromatic heterocycles. The summed E-state index contributed by atoms with van der Waals surface area (Å²) in [5.74, 6) is -1.01. The smallest absolute Gasteiger partial charge is 0.325 e. The molecule has 24 heavy (non-hydrogen) atoms. The Morgan fingerprint density at radius 2 is 2.08 bits per heavy atom. The van der Waals surface area contributed by atoms with Crippen LogP contribution in [0.3, 0.4) is 0 Å². The van der Waals surface area contributed by atoms with Gasteiger partial charge in [-0.3, -0.25) is 14.5 Å². The number of urea groups is 1. The number of halogens is 2. The van der Waals surface area contributed by atoms with E-state index in [1.165, 1.54) is 20.1 Å². The van der Waals surface area contributed by atoms with Gasteiger partial charge in [-0.25, -0.2) is 4.79 Å². The van der Waals surface area contributed by atoms with E-state index in [2.05, 4.69) is 10.6 Å². The fraction of sp³-hybridized carbons (Fsp3) is 0.400. The average Bonchev–Trinajstić information content (AvgIpc) is 2.71. The Bertz CT molecular complexity index is 683. The molecular formula is C15H17Cl2N3O4. The van der Waals surface area contributed by atoms with E-state index in [4.69, 9.17) is 27.9 Å². The summed E-state index contributed by atoms with van der Waals surface area (Å²) in [6, 6.07) is 3.98. The molecule has 7 nitrogen and oxygen atoms in total. The molecule has 2 N–H and O–H groups in total. The molecule has 1 heterocycles. The lowest BCUT2D eigenvalue weighted by Crippen LogP contribution is -2.43. The van der Waals surface area contributed by atoms with Crippen molar-refractivity contribution in [3.05, 3.63) is 33.8 Å². The number of nitrogens with zero attached hydrogens (tertiary/aromatic N) is 1. The van der Waals surface area contributed by atoms with Crippen molar-refractivity contribution in [2.45, 2.75) is 12.5 Å². The number of methoxy groups -OCH3 is 1. The molecule has 9 heteroatoms. The van der Waals surface area contributed by atoms with E-state index in [-0.39, 0.29) is 11.6 Å². The molecule has 0 radical (unpaired) electrons. The highest BCUT2D eigenvalue weighted by molar-refractivity contribution is 6.35. The molecule has 0 saturated carbocycles. The zero-order valence-electron chi connectivity index (χ0n) is 13.2. The predicted octanol–water partition coefficient (Wildman–Crippen LogP) is 1.52. The van der Waals surface area contributed by atoms with Crippen molar-refractivity contribution in [1.82, 2.24) is 15.5 Å². The van der Waals surface area contributed by atoms with E-state index in [1.54, 1.807) is 12.1 Å². The predicted molar refractivity (Wildman–Crippen MR) is 88.9 cm³/mol. The molecule has 1 fully saturated rings. The minimum Gasteiger partial charge on any atom is -0.383 e. The third-order valence-corrected chi connectivity index (χ3v) is 4.22. The molecule has 2 rings (SSSR count). The van der Waals surface area contributed by atoms with Crippen LogP contribution >= 0.6 is 23.2 Å². The van der Waals surface area contributed by atoms with Crippen molar-refractivity contribution in [2.24, 2.45) is 0 Å². The standard InChI is InChI=1S/C15H17Cl2N3O4/c1-15(10-4-3-9(16)7-11(10)17)13(22)20(14(23)19-15)8-12(21)18-5-6-24-2/h3-4,7H,5-6,8H2,1-2H3,(H,18,21)(H,19,23)/t15-/m0/s1. The molecule has 1 saturated heterocycles. The summed E-state index contributed by atoms with van der Waals surface area (Å²) in [6.45, 7) is 1.78. The van der Waals surface area contributed by atoms with Crippen LogP contribution in [0.2, 0.25) is 10.0 Å². The van der Waals surface area contributed by atoms with Crippen LogP contribution in [0, 0.1) is 0 Å². The van der Waals surface area contributed by atoms with Gasteiger partial charge in [0.05, 0.1) is 6.61 Å². The van der Waals surface area contributed by atoms with Crippen molar-refractivity contribution >= 4 is 41.0 Å². The molecule has 0 bridgehead atoms. The molecule has 1 aliphatic heterocycles. The van der Waals surface area contributed by atoms with Crippen molar-refractivity contribution in [1.29, 1.82) is 0 Å². The van der Waals surface area contributed by atoms with Crippen LogP contribution in [0.5, 0.6) is 0 Å². The van der Waals surface area contributed by atoms with Crippen LogP contribution in [0.25, 0.3) is 0 Å². The first-order valence-corrected chi connectivity index (χ1v) is 7.90. The molecule has 1 aliphatic rings. The van der Waals surface area contributed by atoms with Crippen LogP contribution in [-0.4, -0.2) is 49.6 Å². The van der Waals surface area contributed by atoms with Crippen molar-refractivity contribution in [3.63, 3.8) is 0 Å². The average molecular weight is 374 g/mol. The van der Waals surface area contributed by atoms with E-state index >= 15 is 0 Å². The van der Waals surface area contributed by atoms with Crippen LogP contribution in [0.1, 0.15) is 12.5 Å². The number of rotatable bonds is 6. The van der Waals surface area contributed by atoms with E-state index in [0.29, 0.717) is 23.7 Å². The Morgan fingerprint density at radius 1 is 1.38 bits per heavy atom. The number of imide groups is 1. The monoisotopic (exact) mass is 373 g/mol. The largest absolute Gasteiger partial charge is 0.383 e. The second-order valence-corrected chi connectivity index (χ2v) is 6.26. The van der Waals surface area contributed by atoms with E-state index in [0.717, 1.165) is 4.90 Å². The van der Waals surface area contributed by atoms with Crippen LogP contribution in [-0.2, 0) is 19.9 Å². The van der Waals surface area contributed by atoms with E-state index in [9.17, 15) is 14.4 Å². The number of nitrogens with one attached hydrogen (secondary N) is 2. The molecule has 0 spiro atoms. The van der Waals surface area contributed by atoms with E-state index in [1.807, 2.05) is 0 Å². The van der Waals surface area contributed by atoms with Crippen LogP contribution in [0.15, 0.2) is 18.2 Å². The maximum absolute atomic E-state index is 12.7. The Kier molecular flexibility index (Phi) is 5.69. The Labute approximate surface area is 149 Å². The zero-order chi connectivity index (χ0) is 17.9. The lowest BCUT2D eigenvalue weighted by atomic mass is 9.92. The zero-order valence-corrected chi connectivity index (χ0v) is 14.7. The summed E-state index contributed by atoms with van der Waals surface area (Å²) >= 11 is 12.0. The molecule has 0 aliphatic carbocycles. The van der Waals surface area contributed by atoms with Gasteiger partial charge in [-0.1, -0.05) is 29.3 Å². The van der Waals surface area contributed by atoms with Gasteiger partial charge in [0, 0.05) is 29.3 Å². The first-order valence-electron chi connectivity index (χ1n) is 7.15. The first kappa shape index (κ1) is 18.5. The number of carbonyl (C=O) groups excluding carboxylic acids is 3. The molecule has 4 amide bonds. The molecule has 0 unspecified atom stereocenters. The summed E-state index contributed by atoms with van der Waals surface area (Å²) in [5, 5.41) is 5.81. The quantitative estimate of drug-likeness (QED) is 0.584. The number of carbonyl (C=O) groups is 3. The Morgan fingerprint density at radius 3 is 2.71 bits per heavy atom. The van der Waals surface area contributed by atoms with Gasteiger partial charge in [0.15, 0.2) is 0 Å². The second-order valence-electron chi connectivity index (χ2n) is 5.41. The fourth-order valence-corrected chi connectivity index (χ4v) is 3.01. The SMILES string of the molecule is COCCNC(=O)CN1C(=O)N[C@@](C)(c2ccc(Cl)cc2Cl)C1=O. The summed E-state index contributed by atoms with van der Waals surface area (Å²) < 4.78 is 4.82. The Balaban J connectivity index is 2.17. The third-order valence-electron chi connectivity index (χ3n) is 3.67. The molecule has 1 aromatic carbocycles. The first-order chi connectivity index (χ1) is 11.3. The van der Waals surface area contributed by atoms with Crippen molar-refractivity contribution < 1.29 is 19.1 Å². The summed E-state index contributed by atoms with van der Waals surface area (Å²) in [5.41, 5.74) is -0.944. The number of hydrogen-bond donors (Lipinski definition) is 2. The maximum atomic E-state index is 12.7. The van der Waals surface area contributed by atoms with Crippen LogP contribution in [0.4, 0.5) is 4.79 Å². The molecule has 130 valence electrons. The summed E-state index contributed by atoms with van der Waals surface area (Å²) in [7, 11) is 1.50. The number of amides is 4. The second kappa shape index (κ2) is 7.38. The van der Waals surface area contributed by atoms with Gasteiger partial charge >= 0.3 is 6.03 Å². The van der Waals surface area contributed by atoms with Gasteiger partial charge in [-0.05, 0) is 19.1 Å². The van der Waals surface area contributed by atoms with Gasteiger partial charge in [0.1, 0.15) is 12.1 Å². The number of benzene rings is 1. The lowest BCUT2D eigenvalue weighted by Gasteiger charge is -2.23. The molecular weight excluding hydrogens is 357 g/mol. The molecule has 1 atom stereocenters. The minimum absolute atomic E-state index is 0.255. The van der Waals surface area contributed by atoms with Crippen molar-refractivity contribution in [2.75, 3.05) is 26.8 Å². The van der Waals surface area contributed by atoms with Gasteiger partial charge in [0.2, 0.25) is 5.91 Å². The molecule has 1 aromatic rings. The number of ether oxygens (including phenoxy) is 1. The van der Waals surface area contributed by atoms with Gasteiger partial charge < -0.3 is 15.4 Å². The highest BCUT2D eigenvalue weighted by atomic mass is 35.5. The highest BCUT2D eigenvalue weighted by Crippen LogP contribution is 2.34. The normalized spacial score (nSPS) is 20.2. The van der Waals surface area contributed by atoms with E-state index < -0.39 is 23.4 Å². The lowest BCUT2D eigenvalue weighted by molar-refractivity contribution is -0.134.